The van der Waals surface area contributed by atoms with E-state index in [0.717, 1.165) is 13.1 Å². The van der Waals surface area contributed by atoms with Gasteiger partial charge in [0.1, 0.15) is 0 Å². The molecule has 0 saturated carbocycles. The van der Waals surface area contributed by atoms with Crippen molar-refractivity contribution in [2.24, 2.45) is 0 Å². The van der Waals surface area contributed by atoms with Gasteiger partial charge in [-0.05, 0) is 18.7 Å². The van der Waals surface area contributed by atoms with Gasteiger partial charge in [0, 0.05) is 25.4 Å². The average molecular weight is 181 g/mol. The summed E-state index contributed by atoms with van der Waals surface area (Å²) in [6.07, 6.45) is 4.10. The molecule has 0 aliphatic carbocycles. The normalized spacial score (nSPS) is 9.92. The zero-order chi connectivity index (χ0) is 9.52. The minimum absolute atomic E-state index is 0.0251. The Kier molecular flexibility index (Phi) is 4.05. The molecule has 1 aromatic rings. The first kappa shape index (κ1) is 9.80. The molecule has 0 fully saturated rings. The molecule has 4 nitrogen and oxygen atoms in total. The lowest BCUT2D eigenvalue weighted by Crippen LogP contribution is -2.25. The number of aromatic nitrogens is 1. The second-order valence-corrected chi connectivity index (χ2v) is 2.73. The summed E-state index contributed by atoms with van der Waals surface area (Å²) in [6.45, 7) is 3.64. The predicted molar refractivity (Wildman–Crippen MR) is 52.0 cm³/mol. The van der Waals surface area contributed by atoms with Gasteiger partial charge in [0.05, 0.1) is 0 Å². The van der Waals surface area contributed by atoms with E-state index in [4.69, 9.17) is 0 Å². The highest BCUT2D eigenvalue weighted by molar-refractivity contribution is 5.83. The van der Waals surface area contributed by atoms with Gasteiger partial charge in [0.25, 0.3) is 0 Å². The highest BCUT2D eigenvalue weighted by Crippen LogP contribution is 1.86. The van der Waals surface area contributed by atoms with E-state index in [2.05, 4.69) is 10.7 Å². The maximum Gasteiger partial charge on any atom is 0.240 e. The van der Waals surface area contributed by atoms with Crippen LogP contribution >= 0.6 is 0 Å². The molecular weight excluding hydrogens is 166 g/mol. The molecule has 0 saturated heterocycles. The molecule has 13 heavy (non-hydrogen) atoms. The van der Waals surface area contributed by atoms with Crippen LogP contribution in [0.15, 0.2) is 24.5 Å². The third-order valence-electron chi connectivity index (χ3n) is 1.64. The Morgan fingerprint density at radius 3 is 2.69 bits per heavy atom. The molecule has 1 amide bonds. The quantitative estimate of drug-likeness (QED) is 0.652. The molecule has 0 unspecified atom stereocenters. The zero-order valence-electron chi connectivity index (χ0n) is 7.79. The van der Waals surface area contributed by atoms with E-state index in [1.165, 1.54) is 0 Å². The number of nitrogens with one attached hydrogen (secondary N) is 2. The van der Waals surface area contributed by atoms with Crippen LogP contribution in [0.2, 0.25) is 0 Å². The summed E-state index contributed by atoms with van der Waals surface area (Å²) >= 11 is 0. The monoisotopic (exact) mass is 181 g/mol. The minimum atomic E-state index is 0.0251. The van der Waals surface area contributed by atoms with Crippen LogP contribution in [-0.4, -0.2) is 23.7 Å². The van der Waals surface area contributed by atoms with Crippen molar-refractivity contribution in [3.63, 3.8) is 0 Å². The molecule has 1 rings (SSSR count). The minimum Gasteiger partial charge on any atom is -0.316 e. The van der Waals surface area contributed by atoms with Crippen molar-refractivity contribution in [1.29, 1.82) is 0 Å². The van der Waals surface area contributed by atoms with Gasteiger partial charge in [-0.1, -0.05) is 6.92 Å². The van der Waals surface area contributed by atoms with E-state index in [1.54, 1.807) is 17.1 Å². The maximum absolute atomic E-state index is 11.2. The van der Waals surface area contributed by atoms with Crippen LogP contribution in [0.5, 0.6) is 0 Å². The van der Waals surface area contributed by atoms with Gasteiger partial charge in [-0.25, -0.2) is 0 Å². The molecule has 0 bridgehead atoms. The Bertz CT molecular complexity index is 243. The fourth-order valence-corrected chi connectivity index (χ4v) is 0.988. The fraction of sp³-hybridized carbons (Fsp3) is 0.444. The lowest BCUT2D eigenvalue weighted by Gasteiger charge is -2.05. The number of nitrogens with zero attached hydrogens (tertiary/aromatic N) is 1. The standard InChI is InChI=1S/C9H15N3O/c1-2-10-6-5-9(13)11-12-7-3-4-8-12/h3-4,7-8,10H,2,5-6H2,1H3,(H,11,13). The van der Waals surface area contributed by atoms with Gasteiger partial charge in [0.15, 0.2) is 0 Å². The Labute approximate surface area is 77.9 Å². The summed E-state index contributed by atoms with van der Waals surface area (Å²) < 4.78 is 1.65. The summed E-state index contributed by atoms with van der Waals surface area (Å²) in [5, 5.41) is 3.09. The fourth-order valence-electron chi connectivity index (χ4n) is 0.988. The lowest BCUT2D eigenvalue weighted by molar-refractivity contribution is -0.117. The Balaban J connectivity index is 2.18. The SMILES string of the molecule is CCNCCC(=O)Nn1cccc1. The number of hydrogen-bond acceptors (Lipinski definition) is 2. The first-order valence-electron chi connectivity index (χ1n) is 4.46. The zero-order valence-corrected chi connectivity index (χ0v) is 7.79. The lowest BCUT2D eigenvalue weighted by atomic mass is 10.4. The molecule has 72 valence electrons. The van der Waals surface area contributed by atoms with E-state index >= 15 is 0 Å². The molecule has 0 atom stereocenters. The van der Waals surface area contributed by atoms with Crippen LogP contribution < -0.4 is 10.7 Å². The van der Waals surface area contributed by atoms with Gasteiger partial charge < -0.3 is 5.32 Å². The van der Waals surface area contributed by atoms with Crippen LogP contribution in [0.4, 0.5) is 0 Å². The average Bonchev–Trinajstić information content (AvgIpc) is 2.57. The molecular formula is C9H15N3O. The van der Waals surface area contributed by atoms with Crippen LogP contribution in [0.25, 0.3) is 0 Å². The first-order chi connectivity index (χ1) is 6.33. The van der Waals surface area contributed by atoms with Gasteiger partial charge in [-0.3, -0.25) is 14.9 Å². The second kappa shape index (κ2) is 5.37. The highest BCUT2D eigenvalue weighted by atomic mass is 16.2. The van der Waals surface area contributed by atoms with E-state index in [-0.39, 0.29) is 5.91 Å². The highest BCUT2D eigenvalue weighted by Gasteiger charge is 1.98. The number of amides is 1. The van der Waals surface area contributed by atoms with Gasteiger partial charge in [0.2, 0.25) is 5.91 Å². The molecule has 0 spiro atoms. The van der Waals surface area contributed by atoms with Crippen LogP contribution in [0.1, 0.15) is 13.3 Å². The van der Waals surface area contributed by atoms with E-state index in [0.29, 0.717) is 6.42 Å². The third-order valence-corrected chi connectivity index (χ3v) is 1.64. The third kappa shape index (κ3) is 3.75. The summed E-state index contributed by atoms with van der Waals surface area (Å²) in [7, 11) is 0. The second-order valence-electron chi connectivity index (χ2n) is 2.73. The van der Waals surface area contributed by atoms with E-state index in [1.807, 2.05) is 19.1 Å². The number of carbonyl (C=O) groups excluding carboxylic acids is 1. The Hall–Kier alpha value is -1.29. The molecule has 4 heteroatoms. The predicted octanol–water partition coefficient (Wildman–Crippen LogP) is 0.558. The van der Waals surface area contributed by atoms with E-state index in [9.17, 15) is 4.79 Å². The van der Waals surface area contributed by atoms with E-state index < -0.39 is 0 Å². The molecule has 0 aliphatic heterocycles. The Morgan fingerprint density at radius 2 is 2.08 bits per heavy atom. The summed E-state index contributed by atoms with van der Waals surface area (Å²) in [6, 6.07) is 3.73. The van der Waals surface area contributed by atoms with Gasteiger partial charge >= 0.3 is 0 Å². The van der Waals surface area contributed by atoms with Crippen LogP contribution in [0, 0.1) is 0 Å². The van der Waals surface area contributed by atoms with Gasteiger partial charge in [-0.2, -0.15) is 0 Å². The van der Waals surface area contributed by atoms with Crippen molar-refractivity contribution in [1.82, 2.24) is 9.99 Å². The largest absolute Gasteiger partial charge is 0.316 e. The maximum atomic E-state index is 11.2. The molecule has 0 aromatic carbocycles. The summed E-state index contributed by atoms with van der Waals surface area (Å²) in [4.78, 5) is 11.2. The summed E-state index contributed by atoms with van der Waals surface area (Å²) in [5.41, 5.74) is 2.72. The van der Waals surface area contributed by atoms with Gasteiger partial charge in [-0.15, -0.1) is 0 Å². The molecule has 1 aromatic heterocycles. The van der Waals surface area contributed by atoms with Crippen molar-refractivity contribution in [2.45, 2.75) is 13.3 Å². The molecule has 0 aliphatic rings. The van der Waals surface area contributed by atoms with Crippen molar-refractivity contribution >= 4 is 5.91 Å². The smallest absolute Gasteiger partial charge is 0.240 e. The van der Waals surface area contributed by atoms with Crippen molar-refractivity contribution < 1.29 is 4.79 Å². The molecule has 1 heterocycles. The summed E-state index contributed by atoms with van der Waals surface area (Å²) in [5.74, 6) is 0.0251. The van der Waals surface area contributed by atoms with Crippen LogP contribution in [0.3, 0.4) is 0 Å². The number of hydrogen-bond donors (Lipinski definition) is 2. The number of carbonyl (C=O) groups is 1. The first-order valence-corrected chi connectivity index (χ1v) is 4.46. The Morgan fingerprint density at radius 1 is 1.38 bits per heavy atom. The molecule has 0 radical (unpaired) electrons. The molecule has 2 N–H and O–H groups in total. The number of rotatable bonds is 5. The van der Waals surface area contributed by atoms with Crippen molar-refractivity contribution in [3.8, 4) is 0 Å². The topological polar surface area (TPSA) is 46.1 Å². The van der Waals surface area contributed by atoms with Crippen molar-refractivity contribution in [2.75, 3.05) is 18.5 Å². The van der Waals surface area contributed by atoms with Crippen LogP contribution in [-0.2, 0) is 4.79 Å². The van der Waals surface area contributed by atoms with Crippen molar-refractivity contribution in [3.05, 3.63) is 24.5 Å².